The molecule has 0 aliphatic rings. The number of nitrogens with zero attached hydrogens (tertiary/aromatic N) is 3. The number of methoxy groups -OCH3 is 1. The molecule has 9 heteroatoms. The molecule has 0 bridgehead atoms. The third-order valence-corrected chi connectivity index (χ3v) is 6.14. The van der Waals surface area contributed by atoms with Gasteiger partial charge >= 0.3 is 6.09 Å². The van der Waals surface area contributed by atoms with Gasteiger partial charge in [-0.3, -0.25) is 0 Å². The number of rotatable bonds is 7. The van der Waals surface area contributed by atoms with Gasteiger partial charge < -0.3 is 9.47 Å². The molecule has 0 saturated carbocycles. The minimum atomic E-state index is -4.45. The van der Waals surface area contributed by atoms with Crippen LogP contribution in [0.4, 0.5) is 10.6 Å². The lowest BCUT2D eigenvalue weighted by molar-refractivity contribution is 0.143. The van der Waals surface area contributed by atoms with Crippen molar-refractivity contribution in [3.63, 3.8) is 0 Å². The summed E-state index contributed by atoms with van der Waals surface area (Å²) in [6.45, 7) is 5.42. The van der Waals surface area contributed by atoms with Crippen molar-refractivity contribution < 1.29 is 22.7 Å². The second-order valence-corrected chi connectivity index (χ2v) is 9.20. The number of hydrogen-bond acceptors (Lipinski definition) is 7. The smallest absolute Gasteiger partial charge is 0.430 e. The molecule has 0 aliphatic carbocycles. The number of carbonyl (C=O) groups is 1. The van der Waals surface area contributed by atoms with Gasteiger partial charge in [-0.2, -0.15) is 0 Å². The molecule has 0 spiro atoms. The summed E-state index contributed by atoms with van der Waals surface area (Å²) in [7, 11) is -3.12. The molecule has 0 aliphatic heterocycles. The van der Waals surface area contributed by atoms with Crippen LogP contribution in [0.2, 0.25) is 0 Å². The number of hydrogen-bond donors (Lipinski definition) is 0. The monoisotopic (exact) mass is 455 g/mol. The Bertz CT molecular complexity index is 1200. The van der Waals surface area contributed by atoms with Crippen molar-refractivity contribution in [3.8, 4) is 17.0 Å². The van der Waals surface area contributed by atoms with E-state index in [0.717, 1.165) is 0 Å². The average molecular weight is 456 g/mol. The van der Waals surface area contributed by atoms with E-state index in [0.29, 0.717) is 21.1 Å². The first-order chi connectivity index (χ1) is 15.3. The summed E-state index contributed by atoms with van der Waals surface area (Å²) in [5.74, 6) is -0.368. The van der Waals surface area contributed by atoms with Crippen molar-refractivity contribution in [2.45, 2.75) is 25.7 Å². The summed E-state index contributed by atoms with van der Waals surface area (Å²) in [6.07, 6.45) is 0.275. The van der Waals surface area contributed by atoms with Gasteiger partial charge in [0.05, 0.1) is 30.5 Å². The summed E-state index contributed by atoms with van der Waals surface area (Å²) in [5, 5.41) is 0. The standard InChI is InChI=1S/C23H25N3O5S/c1-16(2)15-31-23(27)26(21-22(30-4)25-17(3)14-24-21)32(28,29)20-13-9-8-12-19(20)18-10-6-5-7-11-18/h5-14,16H,15H2,1-4H3. The average Bonchev–Trinajstić information content (AvgIpc) is 2.79. The number of carbonyl (C=O) groups excluding carboxylic acids is 1. The minimum Gasteiger partial charge on any atom is -0.478 e. The van der Waals surface area contributed by atoms with Crippen LogP contribution in [0.1, 0.15) is 19.5 Å². The van der Waals surface area contributed by atoms with E-state index in [1.54, 1.807) is 37.3 Å². The van der Waals surface area contributed by atoms with Crippen LogP contribution in [0.25, 0.3) is 11.1 Å². The largest absolute Gasteiger partial charge is 0.478 e. The highest BCUT2D eigenvalue weighted by Gasteiger charge is 2.38. The van der Waals surface area contributed by atoms with Crippen LogP contribution in [0, 0.1) is 12.8 Å². The highest BCUT2D eigenvalue weighted by Crippen LogP contribution is 2.34. The highest BCUT2D eigenvalue weighted by molar-refractivity contribution is 7.93. The van der Waals surface area contributed by atoms with Crippen molar-refractivity contribution >= 4 is 21.9 Å². The number of amides is 1. The van der Waals surface area contributed by atoms with E-state index in [-0.39, 0.29) is 29.1 Å². The van der Waals surface area contributed by atoms with Crippen LogP contribution < -0.4 is 9.04 Å². The van der Waals surface area contributed by atoms with Gasteiger partial charge in [0, 0.05) is 5.56 Å². The Morgan fingerprint density at radius 2 is 1.72 bits per heavy atom. The molecule has 2 aromatic carbocycles. The lowest BCUT2D eigenvalue weighted by Gasteiger charge is -2.23. The van der Waals surface area contributed by atoms with Crippen LogP contribution in [0.3, 0.4) is 0 Å². The van der Waals surface area contributed by atoms with Crippen molar-refractivity contribution in [3.05, 3.63) is 66.5 Å². The lowest BCUT2D eigenvalue weighted by Crippen LogP contribution is -2.39. The second kappa shape index (κ2) is 9.78. The first-order valence-electron chi connectivity index (χ1n) is 10.00. The molecular formula is C23H25N3O5S. The maximum absolute atomic E-state index is 13.9. The Balaban J connectivity index is 2.21. The van der Waals surface area contributed by atoms with E-state index in [4.69, 9.17) is 9.47 Å². The minimum absolute atomic E-state index is 0.00565. The number of aromatic nitrogens is 2. The number of anilines is 1. The van der Waals surface area contributed by atoms with Gasteiger partial charge in [-0.05, 0) is 24.5 Å². The fourth-order valence-corrected chi connectivity index (χ4v) is 4.48. The topological polar surface area (TPSA) is 98.7 Å². The maximum atomic E-state index is 13.9. The van der Waals surface area contributed by atoms with Gasteiger partial charge in [0.25, 0.3) is 15.9 Å². The van der Waals surface area contributed by atoms with E-state index in [2.05, 4.69) is 9.97 Å². The number of aryl methyl sites for hydroxylation is 1. The van der Waals surface area contributed by atoms with Gasteiger partial charge in [0.15, 0.2) is 0 Å². The Hall–Kier alpha value is -3.46. The van der Waals surface area contributed by atoms with Crippen LogP contribution in [0.5, 0.6) is 5.88 Å². The first kappa shape index (κ1) is 23.2. The third-order valence-electron chi connectivity index (χ3n) is 4.42. The van der Waals surface area contributed by atoms with Crippen molar-refractivity contribution in [1.82, 2.24) is 9.97 Å². The normalized spacial score (nSPS) is 11.3. The van der Waals surface area contributed by atoms with Crippen molar-refractivity contribution in [2.24, 2.45) is 5.92 Å². The molecular weight excluding hydrogens is 430 g/mol. The highest BCUT2D eigenvalue weighted by atomic mass is 32.2. The van der Waals surface area contributed by atoms with E-state index < -0.39 is 16.1 Å². The molecule has 3 aromatic rings. The molecule has 0 radical (unpaired) electrons. The molecule has 3 rings (SSSR count). The van der Waals surface area contributed by atoms with Crippen LogP contribution in [-0.2, 0) is 14.8 Å². The van der Waals surface area contributed by atoms with Crippen LogP contribution in [-0.4, -0.2) is 38.2 Å². The Morgan fingerprint density at radius 3 is 2.38 bits per heavy atom. The summed E-state index contributed by atoms with van der Waals surface area (Å²) >= 11 is 0. The molecule has 8 nitrogen and oxygen atoms in total. The fraction of sp³-hybridized carbons (Fsp3) is 0.261. The summed E-state index contributed by atoms with van der Waals surface area (Å²) in [4.78, 5) is 21.3. The predicted molar refractivity (Wildman–Crippen MR) is 121 cm³/mol. The Kier molecular flexibility index (Phi) is 7.09. The van der Waals surface area contributed by atoms with E-state index in [1.807, 2.05) is 32.0 Å². The number of ether oxygens (including phenoxy) is 2. The van der Waals surface area contributed by atoms with E-state index in [9.17, 15) is 13.2 Å². The van der Waals surface area contributed by atoms with Gasteiger partial charge in [0.2, 0.25) is 5.82 Å². The Morgan fingerprint density at radius 1 is 1.06 bits per heavy atom. The lowest BCUT2D eigenvalue weighted by atomic mass is 10.1. The summed E-state index contributed by atoms with van der Waals surface area (Å²) < 4.78 is 38.8. The quantitative estimate of drug-likeness (QED) is 0.519. The maximum Gasteiger partial charge on any atom is 0.430 e. The molecule has 0 saturated heterocycles. The van der Waals surface area contributed by atoms with Gasteiger partial charge in [-0.1, -0.05) is 62.4 Å². The molecule has 168 valence electrons. The van der Waals surface area contributed by atoms with E-state index >= 15 is 0 Å². The Labute approximate surface area is 187 Å². The fourth-order valence-electron chi connectivity index (χ4n) is 2.97. The van der Waals surface area contributed by atoms with Crippen molar-refractivity contribution in [1.29, 1.82) is 0 Å². The first-order valence-corrected chi connectivity index (χ1v) is 11.4. The number of sulfonamides is 1. The molecule has 0 fully saturated rings. The molecule has 1 heterocycles. The van der Waals surface area contributed by atoms with E-state index in [1.165, 1.54) is 19.4 Å². The number of benzene rings is 2. The summed E-state index contributed by atoms with van der Waals surface area (Å²) in [5.41, 5.74) is 1.63. The van der Waals surface area contributed by atoms with Crippen LogP contribution in [0.15, 0.2) is 65.7 Å². The van der Waals surface area contributed by atoms with Gasteiger partial charge in [-0.25, -0.2) is 23.2 Å². The molecule has 32 heavy (non-hydrogen) atoms. The molecule has 0 atom stereocenters. The molecule has 1 amide bonds. The molecule has 1 aromatic heterocycles. The van der Waals surface area contributed by atoms with Gasteiger partial charge in [0.1, 0.15) is 0 Å². The predicted octanol–water partition coefficient (Wildman–Crippen LogP) is 4.45. The zero-order valence-corrected chi connectivity index (χ0v) is 19.2. The second-order valence-electron chi connectivity index (χ2n) is 7.45. The third kappa shape index (κ3) is 4.88. The summed E-state index contributed by atoms with van der Waals surface area (Å²) in [6, 6.07) is 15.5. The van der Waals surface area contributed by atoms with Crippen LogP contribution >= 0.6 is 0 Å². The molecule has 0 unspecified atom stereocenters. The van der Waals surface area contributed by atoms with Gasteiger partial charge in [-0.15, -0.1) is 4.31 Å². The molecule has 0 N–H and O–H groups in total. The van der Waals surface area contributed by atoms with Crippen molar-refractivity contribution in [2.75, 3.05) is 18.0 Å². The SMILES string of the molecule is COc1nc(C)cnc1N(C(=O)OCC(C)C)S(=O)(=O)c1ccccc1-c1ccccc1. The zero-order valence-electron chi connectivity index (χ0n) is 18.3. The zero-order chi connectivity index (χ0) is 23.3.